The largest absolute Gasteiger partial charge is 0.423 e. The highest BCUT2D eigenvalue weighted by atomic mass is 19.1. The van der Waals surface area contributed by atoms with Crippen LogP contribution in [0.1, 0.15) is 67.4 Å². The second kappa shape index (κ2) is 9.84. The molecule has 2 aromatic rings. The lowest BCUT2D eigenvalue weighted by Gasteiger charge is -2.32. The van der Waals surface area contributed by atoms with Crippen LogP contribution in [0.25, 0.3) is 0 Å². The van der Waals surface area contributed by atoms with E-state index >= 15 is 0 Å². The van der Waals surface area contributed by atoms with Gasteiger partial charge >= 0.3 is 5.97 Å². The van der Waals surface area contributed by atoms with Crippen molar-refractivity contribution in [3.63, 3.8) is 0 Å². The van der Waals surface area contributed by atoms with Crippen LogP contribution in [0.3, 0.4) is 0 Å². The average Bonchev–Trinajstić information content (AvgIpc) is 2.74. The quantitative estimate of drug-likeness (QED) is 0.405. The van der Waals surface area contributed by atoms with Crippen molar-refractivity contribution in [2.75, 3.05) is 0 Å². The van der Waals surface area contributed by atoms with Crippen molar-refractivity contribution in [3.8, 4) is 11.8 Å². The molecular formula is C25H27F2NO2. The average molecular weight is 411 g/mol. The minimum atomic E-state index is -1.06. The number of rotatable bonds is 6. The zero-order valence-electron chi connectivity index (χ0n) is 17.5. The van der Waals surface area contributed by atoms with Gasteiger partial charge in [-0.25, -0.2) is 13.6 Å². The maximum atomic E-state index is 13.7. The van der Waals surface area contributed by atoms with E-state index in [2.05, 4.69) is 13.8 Å². The van der Waals surface area contributed by atoms with Crippen LogP contribution in [0.5, 0.6) is 5.75 Å². The fraction of sp³-hybridized carbons (Fsp3) is 0.440. The third-order valence-corrected chi connectivity index (χ3v) is 6.36. The van der Waals surface area contributed by atoms with Crippen LogP contribution in [0, 0.1) is 40.7 Å². The first kappa shape index (κ1) is 22.0. The summed E-state index contributed by atoms with van der Waals surface area (Å²) in [6.07, 6.45) is 7.48. The summed E-state index contributed by atoms with van der Waals surface area (Å²) >= 11 is 0. The zero-order valence-corrected chi connectivity index (χ0v) is 17.5. The molecule has 0 N–H and O–H groups in total. The predicted octanol–water partition coefficient (Wildman–Crippen LogP) is 6.45. The maximum Gasteiger partial charge on any atom is 0.343 e. The highest BCUT2D eigenvalue weighted by Gasteiger charge is 2.24. The van der Waals surface area contributed by atoms with Gasteiger partial charge in [-0.3, -0.25) is 0 Å². The highest BCUT2D eigenvalue weighted by molar-refractivity contribution is 5.91. The Morgan fingerprint density at radius 1 is 1.13 bits per heavy atom. The molecule has 3 nitrogen and oxygen atoms in total. The van der Waals surface area contributed by atoms with Crippen LogP contribution in [0.2, 0.25) is 0 Å². The molecule has 1 saturated carbocycles. The molecule has 0 bridgehead atoms. The van der Waals surface area contributed by atoms with E-state index in [1.54, 1.807) is 12.1 Å². The molecule has 0 aromatic heterocycles. The minimum absolute atomic E-state index is 0.269. The minimum Gasteiger partial charge on any atom is -0.423 e. The predicted molar refractivity (Wildman–Crippen MR) is 111 cm³/mol. The summed E-state index contributed by atoms with van der Waals surface area (Å²) in [7, 11) is 0. The summed E-state index contributed by atoms with van der Waals surface area (Å²) in [6.45, 7) is 4.57. The number of nitriles is 1. The van der Waals surface area contributed by atoms with Crippen LogP contribution in [0.15, 0.2) is 36.4 Å². The fourth-order valence-corrected chi connectivity index (χ4v) is 4.36. The highest BCUT2D eigenvalue weighted by Crippen LogP contribution is 2.36. The fourth-order valence-electron chi connectivity index (χ4n) is 4.36. The number of hydrogen-bond donors (Lipinski definition) is 0. The van der Waals surface area contributed by atoms with Crippen molar-refractivity contribution in [2.24, 2.45) is 17.8 Å². The van der Waals surface area contributed by atoms with Gasteiger partial charge in [-0.1, -0.05) is 45.2 Å². The van der Waals surface area contributed by atoms with Crippen LogP contribution in [-0.2, 0) is 6.42 Å². The monoisotopic (exact) mass is 411 g/mol. The number of carbonyl (C=O) groups is 1. The Balaban J connectivity index is 1.59. The van der Waals surface area contributed by atoms with Gasteiger partial charge in [0.1, 0.15) is 29.0 Å². The Hall–Kier alpha value is -2.74. The van der Waals surface area contributed by atoms with Gasteiger partial charge in [0.05, 0.1) is 5.56 Å². The van der Waals surface area contributed by atoms with Gasteiger partial charge < -0.3 is 4.74 Å². The normalized spacial score (nSPS) is 19.7. The molecule has 1 aliphatic rings. The zero-order chi connectivity index (χ0) is 21.7. The number of ether oxygens (including phenoxy) is 1. The Morgan fingerprint density at radius 3 is 2.27 bits per heavy atom. The molecule has 0 saturated heterocycles. The van der Waals surface area contributed by atoms with Crippen molar-refractivity contribution in [1.29, 1.82) is 5.26 Å². The number of halogens is 2. The van der Waals surface area contributed by atoms with Crippen LogP contribution < -0.4 is 4.74 Å². The summed E-state index contributed by atoms with van der Waals surface area (Å²) < 4.78 is 32.4. The Kier molecular flexibility index (Phi) is 7.20. The molecule has 0 heterocycles. The Labute approximate surface area is 176 Å². The molecule has 3 rings (SSSR count). The number of esters is 1. The van der Waals surface area contributed by atoms with Crippen molar-refractivity contribution < 1.29 is 18.3 Å². The van der Waals surface area contributed by atoms with Crippen molar-refractivity contribution in [3.05, 3.63) is 64.7 Å². The van der Waals surface area contributed by atoms with Gasteiger partial charge in [-0.15, -0.1) is 0 Å². The molecule has 0 aliphatic heterocycles. The van der Waals surface area contributed by atoms with E-state index in [1.807, 2.05) is 12.1 Å². The van der Waals surface area contributed by atoms with Crippen LogP contribution >= 0.6 is 0 Å². The molecule has 1 atom stereocenters. The first-order valence-corrected chi connectivity index (χ1v) is 10.6. The van der Waals surface area contributed by atoms with Crippen molar-refractivity contribution in [1.82, 2.24) is 0 Å². The Morgan fingerprint density at radius 2 is 1.73 bits per heavy atom. The second-order valence-electron chi connectivity index (χ2n) is 8.33. The molecule has 1 unspecified atom stereocenters. The van der Waals surface area contributed by atoms with Gasteiger partial charge in [0.2, 0.25) is 0 Å². The van der Waals surface area contributed by atoms with Crippen molar-refractivity contribution >= 4 is 5.97 Å². The van der Waals surface area contributed by atoms with E-state index in [9.17, 15) is 13.6 Å². The number of carbonyl (C=O) groups excluding carboxylic acids is 1. The Bertz CT molecular complexity index is 902. The number of nitrogens with zero attached hydrogens (tertiary/aromatic N) is 1. The van der Waals surface area contributed by atoms with Gasteiger partial charge in [0.15, 0.2) is 0 Å². The molecule has 0 amide bonds. The second-order valence-corrected chi connectivity index (χ2v) is 8.33. The molecular weight excluding hydrogens is 384 g/mol. The SMILES string of the molecule is CCC1CCC(C(C)Cc2ccc(C(=O)Oc3cc(F)c(C#N)c(F)c3)cc2)CC1. The van der Waals surface area contributed by atoms with Gasteiger partial charge in [-0.2, -0.15) is 5.26 Å². The van der Waals surface area contributed by atoms with E-state index in [-0.39, 0.29) is 5.75 Å². The van der Waals surface area contributed by atoms with E-state index in [1.165, 1.54) is 38.2 Å². The van der Waals surface area contributed by atoms with Crippen LogP contribution in [-0.4, -0.2) is 5.97 Å². The molecule has 5 heteroatoms. The van der Waals surface area contributed by atoms with Gasteiger partial charge in [0.25, 0.3) is 0 Å². The molecule has 0 radical (unpaired) electrons. The maximum absolute atomic E-state index is 13.7. The topological polar surface area (TPSA) is 50.1 Å². The first-order chi connectivity index (χ1) is 14.4. The summed E-state index contributed by atoms with van der Waals surface area (Å²) in [5.74, 6) is -0.860. The third kappa shape index (κ3) is 5.24. The molecule has 2 aromatic carbocycles. The molecule has 0 spiro atoms. The first-order valence-electron chi connectivity index (χ1n) is 10.6. The summed E-state index contributed by atoms with van der Waals surface area (Å²) in [4.78, 5) is 12.3. The van der Waals surface area contributed by atoms with Gasteiger partial charge in [-0.05, 0) is 54.7 Å². The lowest BCUT2D eigenvalue weighted by atomic mass is 9.74. The molecule has 1 aliphatic carbocycles. The smallest absolute Gasteiger partial charge is 0.343 e. The summed E-state index contributed by atoms with van der Waals surface area (Å²) in [6, 6.07) is 10.3. The molecule has 158 valence electrons. The van der Waals surface area contributed by atoms with E-state index < -0.39 is 23.2 Å². The summed E-state index contributed by atoms with van der Waals surface area (Å²) in [5.41, 5.74) is 0.767. The lowest BCUT2D eigenvalue weighted by Crippen LogP contribution is -2.21. The van der Waals surface area contributed by atoms with E-state index in [4.69, 9.17) is 10.00 Å². The van der Waals surface area contributed by atoms with E-state index in [0.29, 0.717) is 11.5 Å². The van der Waals surface area contributed by atoms with Crippen molar-refractivity contribution in [2.45, 2.75) is 52.4 Å². The number of hydrogen-bond acceptors (Lipinski definition) is 3. The molecule has 1 fully saturated rings. The van der Waals surface area contributed by atoms with E-state index in [0.717, 1.165) is 36.0 Å². The third-order valence-electron chi connectivity index (χ3n) is 6.36. The number of benzene rings is 2. The standard InChI is InChI=1S/C25H27F2NO2/c1-3-17-4-8-19(9-5-17)16(2)12-18-6-10-20(11-7-18)25(29)30-21-13-23(26)22(15-28)24(27)14-21/h6-7,10-11,13-14,16-17,19H,3-5,8-9,12H2,1-2H3. The molecule has 30 heavy (non-hydrogen) atoms. The van der Waals surface area contributed by atoms with Gasteiger partial charge in [0, 0.05) is 12.1 Å². The van der Waals surface area contributed by atoms with Crippen LogP contribution in [0.4, 0.5) is 8.78 Å². The lowest BCUT2D eigenvalue weighted by molar-refractivity contribution is 0.0734. The summed E-state index contributed by atoms with van der Waals surface area (Å²) in [5, 5.41) is 8.71.